The largest absolute Gasteiger partial charge is 0.382 e. The molecule has 0 radical (unpaired) electrons. The highest BCUT2D eigenvalue weighted by Gasteiger charge is 2.31. The summed E-state index contributed by atoms with van der Waals surface area (Å²) >= 11 is 0. The van der Waals surface area contributed by atoms with Crippen LogP contribution in [0.2, 0.25) is 0 Å². The van der Waals surface area contributed by atoms with Crippen molar-refractivity contribution in [3.8, 4) is 0 Å². The molecule has 0 aliphatic heterocycles. The number of aryl methyl sites for hydroxylation is 2. The fraction of sp³-hybridized carbons (Fsp3) is 0.148. The number of benzene rings is 3. The van der Waals surface area contributed by atoms with Crippen molar-refractivity contribution in [3.63, 3.8) is 0 Å². The van der Waals surface area contributed by atoms with Crippen LogP contribution in [0, 0.1) is 13.8 Å². The number of hydrogen-bond donors (Lipinski definition) is 1. The van der Waals surface area contributed by atoms with Crippen molar-refractivity contribution >= 4 is 49.8 Å². The minimum absolute atomic E-state index is 0.0395. The Hall–Kier alpha value is -4.24. The number of rotatable bonds is 5. The lowest BCUT2D eigenvalue weighted by Gasteiger charge is -2.11. The SMILES string of the molecule is Cc1ccc(C)c(S(=O)(=O)c2c(N)n(/N=C/c3ccc(N(C)C)cc3)c3nc4ccccc4nc23)c1. The van der Waals surface area contributed by atoms with Crippen molar-refractivity contribution in [3.05, 3.63) is 83.4 Å². The van der Waals surface area contributed by atoms with Crippen molar-refractivity contribution in [2.75, 3.05) is 24.7 Å². The zero-order valence-corrected chi connectivity index (χ0v) is 21.3. The first kappa shape index (κ1) is 23.5. The van der Waals surface area contributed by atoms with Crippen LogP contribution < -0.4 is 10.6 Å². The highest BCUT2D eigenvalue weighted by atomic mass is 32.2. The highest BCUT2D eigenvalue weighted by Crippen LogP contribution is 2.36. The molecule has 2 heterocycles. The maximum atomic E-state index is 13.9. The fourth-order valence-electron chi connectivity index (χ4n) is 4.09. The number of nitrogen functional groups attached to an aromatic ring is 1. The quantitative estimate of drug-likeness (QED) is 0.356. The topological polar surface area (TPSA) is 106 Å². The van der Waals surface area contributed by atoms with Gasteiger partial charge in [-0.1, -0.05) is 36.4 Å². The molecule has 2 aromatic heterocycles. The standard InChI is InChI=1S/C27H26N6O2S/c1-17-9-10-18(2)23(15-17)36(34,35)25-24-27(31-22-8-6-5-7-21(22)30-24)33(26(25)28)29-16-19-11-13-20(14-12-19)32(3)4/h5-16H,28H2,1-4H3/b29-16+. The number of nitrogens with two attached hydrogens (primary N) is 1. The van der Waals surface area contributed by atoms with Gasteiger partial charge in [-0.3, -0.25) is 0 Å². The van der Waals surface area contributed by atoms with E-state index in [0.29, 0.717) is 16.6 Å². The summed E-state index contributed by atoms with van der Waals surface area (Å²) in [6, 6.07) is 20.4. The summed E-state index contributed by atoms with van der Waals surface area (Å²) in [5.41, 5.74) is 11.5. The van der Waals surface area contributed by atoms with Gasteiger partial charge in [-0.2, -0.15) is 9.78 Å². The van der Waals surface area contributed by atoms with E-state index in [1.165, 1.54) is 4.68 Å². The van der Waals surface area contributed by atoms with Crippen LogP contribution in [0.3, 0.4) is 0 Å². The smallest absolute Gasteiger partial charge is 0.212 e. The third kappa shape index (κ3) is 3.97. The molecule has 0 aliphatic rings. The molecule has 0 fully saturated rings. The lowest BCUT2D eigenvalue weighted by atomic mass is 10.2. The van der Waals surface area contributed by atoms with Gasteiger partial charge in [0.1, 0.15) is 16.2 Å². The maximum Gasteiger partial charge on any atom is 0.212 e. The second kappa shape index (κ2) is 8.76. The van der Waals surface area contributed by atoms with Gasteiger partial charge in [0.25, 0.3) is 0 Å². The van der Waals surface area contributed by atoms with E-state index in [4.69, 9.17) is 10.7 Å². The van der Waals surface area contributed by atoms with Crippen molar-refractivity contribution in [1.29, 1.82) is 0 Å². The number of fused-ring (bicyclic) bond motifs is 2. The second-order valence-electron chi connectivity index (χ2n) is 8.91. The molecule has 0 saturated carbocycles. The van der Waals surface area contributed by atoms with E-state index >= 15 is 0 Å². The first-order chi connectivity index (χ1) is 17.2. The Morgan fingerprint density at radius 3 is 2.28 bits per heavy atom. The van der Waals surface area contributed by atoms with Crippen LogP contribution in [-0.2, 0) is 9.84 Å². The third-order valence-electron chi connectivity index (χ3n) is 6.06. The Kier molecular flexibility index (Phi) is 5.72. The van der Waals surface area contributed by atoms with Gasteiger partial charge < -0.3 is 10.6 Å². The number of para-hydroxylation sites is 2. The van der Waals surface area contributed by atoms with Crippen LogP contribution in [0.5, 0.6) is 0 Å². The summed E-state index contributed by atoms with van der Waals surface area (Å²) in [4.78, 5) is 11.5. The van der Waals surface area contributed by atoms with E-state index in [9.17, 15) is 8.42 Å². The van der Waals surface area contributed by atoms with Crippen LogP contribution in [-0.4, -0.2) is 43.4 Å². The van der Waals surface area contributed by atoms with Crippen molar-refractivity contribution < 1.29 is 8.42 Å². The monoisotopic (exact) mass is 498 g/mol. The predicted molar refractivity (Wildman–Crippen MR) is 145 cm³/mol. The van der Waals surface area contributed by atoms with Crippen LogP contribution in [0.15, 0.2) is 81.6 Å². The molecule has 0 unspecified atom stereocenters. The third-order valence-corrected chi connectivity index (χ3v) is 8.02. The van der Waals surface area contributed by atoms with Gasteiger partial charge >= 0.3 is 0 Å². The molecule has 0 spiro atoms. The summed E-state index contributed by atoms with van der Waals surface area (Å²) < 4.78 is 29.3. The molecule has 182 valence electrons. The molecule has 0 bridgehead atoms. The van der Waals surface area contributed by atoms with Gasteiger partial charge in [0.15, 0.2) is 5.65 Å². The molecular formula is C27H26N6O2S. The Morgan fingerprint density at radius 2 is 1.61 bits per heavy atom. The molecule has 0 aliphatic carbocycles. The normalized spacial score (nSPS) is 12.1. The zero-order chi connectivity index (χ0) is 25.6. The van der Waals surface area contributed by atoms with Gasteiger partial charge in [0.05, 0.1) is 22.1 Å². The molecule has 2 N–H and O–H groups in total. The van der Waals surface area contributed by atoms with Crippen LogP contribution in [0.1, 0.15) is 16.7 Å². The Morgan fingerprint density at radius 1 is 0.944 bits per heavy atom. The Balaban J connectivity index is 1.75. The molecule has 5 rings (SSSR count). The van der Waals surface area contributed by atoms with E-state index in [2.05, 4.69) is 10.1 Å². The fourth-order valence-corrected chi connectivity index (χ4v) is 5.90. The molecule has 8 nitrogen and oxygen atoms in total. The number of nitrogens with zero attached hydrogens (tertiary/aromatic N) is 5. The van der Waals surface area contributed by atoms with Crippen LogP contribution in [0.4, 0.5) is 11.5 Å². The van der Waals surface area contributed by atoms with Crippen molar-refractivity contribution in [2.24, 2.45) is 5.10 Å². The lowest BCUT2D eigenvalue weighted by molar-refractivity contribution is 0.596. The van der Waals surface area contributed by atoms with Crippen molar-refractivity contribution in [2.45, 2.75) is 23.6 Å². The van der Waals surface area contributed by atoms with E-state index in [1.807, 2.05) is 74.4 Å². The lowest BCUT2D eigenvalue weighted by Crippen LogP contribution is -2.08. The molecule has 0 saturated heterocycles. The Labute approximate surface area is 209 Å². The van der Waals surface area contributed by atoms with Gasteiger partial charge in [0.2, 0.25) is 9.84 Å². The minimum atomic E-state index is -4.02. The number of anilines is 2. The predicted octanol–water partition coefficient (Wildman–Crippen LogP) is 4.56. The van der Waals surface area contributed by atoms with Crippen LogP contribution in [0.25, 0.3) is 22.2 Å². The molecule has 3 aromatic carbocycles. The van der Waals surface area contributed by atoms with Gasteiger partial charge in [-0.15, -0.1) is 0 Å². The Bertz CT molecular complexity index is 1750. The van der Waals surface area contributed by atoms with E-state index in [0.717, 1.165) is 16.8 Å². The molecule has 36 heavy (non-hydrogen) atoms. The molecular weight excluding hydrogens is 472 g/mol. The number of aromatic nitrogens is 3. The van der Waals surface area contributed by atoms with E-state index < -0.39 is 9.84 Å². The van der Waals surface area contributed by atoms with Crippen molar-refractivity contribution in [1.82, 2.24) is 14.6 Å². The minimum Gasteiger partial charge on any atom is -0.382 e. The number of sulfone groups is 1. The average Bonchev–Trinajstić information content (AvgIpc) is 3.13. The molecule has 0 atom stereocenters. The first-order valence-electron chi connectivity index (χ1n) is 11.4. The van der Waals surface area contributed by atoms with Gasteiger partial charge in [-0.05, 0) is 60.9 Å². The van der Waals surface area contributed by atoms with Crippen LogP contribution >= 0.6 is 0 Å². The summed E-state index contributed by atoms with van der Waals surface area (Å²) in [6.07, 6.45) is 1.63. The average molecular weight is 499 g/mol. The summed E-state index contributed by atoms with van der Waals surface area (Å²) in [6.45, 7) is 3.61. The van der Waals surface area contributed by atoms with Gasteiger partial charge in [-0.25, -0.2) is 18.4 Å². The van der Waals surface area contributed by atoms with E-state index in [-0.39, 0.29) is 26.8 Å². The number of hydrogen-bond acceptors (Lipinski definition) is 7. The summed E-state index contributed by atoms with van der Waals surface area (Å²) in [7, 11) is -0.0853. The van der Waals surface area contributed by atoms with E-state index in [1.54, 1.807) is 31.3 Å². The molecule has 5 aromatic rings. The maximum absolute atomic E-state index is 13.9. The summed E-state index contributed by atoms with van der Waals surface area (Å²) in [5.74, 6) is -0.0395. The summed E-state index contributed by atoms with van der Waals surface area (Å²) in [5, 5.41) is 4.54. The highest BCUT2D eigenvalue weighted by molar-refractivity contribution is 7.92. The second-order valence-corrected chi connectivity index (χ2v) is 10.8. The molecule has 9 heteroatoms. The zero-order valence-electron chi connectivity index (χ0n) is 20.5. The molecule has 0 amide bonds. The first-order valence-corrected chi connectivity index (χ1v) is 12.9. The van der Waals surface area contributed by atoms with Gasteiger partial charge in [0, 0.05) is 19.8 Å².